The monoisotopic (exact) mass is 237 g/mol. The van der Waals surface area contributed by atoms with E-state index in [0.29, 0.717) is 0 Å². The smallest absolute Gasteiger partial charge is 0.860 e. The van der Waals surface area contributed by atoms with E-state index in [1.807, 2.05) is 0 Å². The van der Waals surface area contributed by atoms with Crippen LogP contribution in [0.2, 0.25) is 0 Å². The molecule has 0 aliphatic rings. The zero-order valence-electron chi connectivity index (χ0n) is 6.78. The van der Waals surface area contributed by atoms with Crippen molar-refractivity contribution >= 4 is 35.1 Å². The van der Waals surface area contributed by atoms with Crippen LogP contribution in [0.5, 0.6) is 0 Å². The van der Waals surface area contributed by atoms with E-state index in [0.717, 1.165) is 0 Å². The van der Waals surface area contributed by atoms with Crippen LogP contribution in [0.3, 0.4) is 0 Å². The first kappa shape index (κ1) is 15.9. The van der Waals surface area contributed by atoms with Crippen molar-refractivity contribution in [3.05, 3.63) is 0 Å². The van der Waals surface area contributed by atoms with Gasteiger partial charge in [0.25, 0.3) is 0 Å². The number of aliphatic imine (C=N–C) groups is 1. The summed E-state index contributed by atoms with van der Waals surface area (Å²) in [6, 6.07) is -1.49. The van der Waals surface area contributed by atoms with Crippen LogP contribution in [0.4, 0.5) is 0 Å². The molecular formula is C5H6Cl2NNaO4. The maximum absolute atomic E-state index is 10.6. The summed E-state index contributed by atoms with van der Waals surface area (Å²) in [6.45, 7) is -0.762. The fraction of sp³-hybridized carbons (Fsp3) is 0.600. The van der Waals surface area contributed by atoms with Crippen LogP contribution in [-0.4, -0.2) is 39.6 Å². The van der Waals surface area contributed by atoms with Crippen LogP contribution in [0, 0.1) is 0 Å². The number of aliphatic hydroxyl groups excluding tert-OH is 1. The molecule has 5 nitrogen and oxygen atoms in total. The average molecular weight is 238 g/mol. The summed E-state index contributed by atoms with van der Waals surface area (Å²) in [5, 5.41) is 27.3. The Bertz CT molecular complexity index is 199. The normalized spacial score (nSPS) is 13.7. The number of carboxylic acid groups (broad SMARTS) is 1. The molecule has 0 bridgehead atoms. The number of halogens is 2. The summed E-state index contributed by atoms with van der Waals surface area (Å²) < 4.78 is 0. The van der Waals surface area contributed by atoms with E-state index in [2.05, 4.69) is 4.99 Å². The van der Waals surface area contributed by atoms with Crippen LogP contribution in [0.1, 0.15) is 0 Å². The molecule has 0 amide bonds. The summed E-state index contributed by atoms with van der Waals surface area (Å²) >= 11 is 10.2. The third-order valence-corrected chi connectivity index (χ3v) is 1.30. The predicted molar refractivity (Wildman–Crippen MR) is 41.4 cm³/mol. The molecule has 1 atom stereocenters. The Kier molecular flexibility index (Phi) is 9.61. The topological polar surface area (TPSA) is 93.0 Å². The second kappa shape index (κ2) is 7.84. The maximum atomic E-state index is 10.6. The summed E-state index contributed by atoms with van der Waals surface area (Å²) in [5.41, 5.74) is 0. The number of aliphatic carboxylic acids is 1. The standard InChI is InChI=1S/C5H7Cl2NO4.Na/c6-3(7)4(10)8-2(1-9)5(11)12;/h2-3,9H,1H2,(H,8,10)(H,11,12);/q;+1/p-1/t2-;/m1./s1. The van der Waals surface area contributed by atoms with Gasteiger partial charge in [0, 0.05) is 0 Å². The van der Waals surface area contributed by atoms with Gasteiger partial charge in [-0.25, -0.2) is 4.79 Å². The molecule has 0 aromatic heterocycles. The molecule has 0 aliphatic heterocycles. The second-order valence-corrected chi connectivity index (χ2v) is 2.90. The molecule has 0 heterocycles. The van der Waals surface area contributed by atoms with Gasteiger partial charge in [0.2, 0.25) is 0 Å². The summed E-state index contributed by atoms with van der Waals surface area (Å²) in [5.74, 6) is -2.38. The number of carbonyl (C=O) groups is 1. The van der Waals surface area contributed by atoms with Crippen molar-refractivity contribution in [1.82, 2.24) is 0 Å². The van der Waals surface area contributed by atoms with Gasteiger partial charge in [-0.3, -0.25) is 4.99 Å². The summed E-state index contributed by atoms with van der Waals surface area (Å²) in [4.78, 5) is 11.8. The number of hydrogen-bond acceptors (Lipinski definition) is 4. The van der Waals surface area contributed by atoms with E-state index in [1.54, 1.807) is 0 Å². The molecule has 8 heteroatoms. The first-order valence-corrected chi connectivity index (χ1v) is 3.72. The number of carboxylic acids is 1. The Morgan fingerprint density at radius 3 is 2.23 bits per heavy atom. The second-order valence-electron chi connectivity index (χ2n) is 1.80. The molecule has 0 rings (SSSR count). The van der Waals surface area contributed by atoms with Crippen molar-refractivity contribution in [2.75, 3.05) is 6.61 Å². The molecule has 0 aliphatic carbocycles. The molecule has 0 radical (unpaired) electrons. The zero-order chi connectivity index (χ0) is 9.72. The Labute approximate surface area is 107 Å². The molecule has 0 unspecified atom stereocenters. The van der Waals surface area contributed by atoms with Gasteiger partial charge in [0.05, 0.1) is 6.61 Å². The van der Waals surface area contributed by atoms with E-state index in [9.17, 15) is 9.90 Å². The zero-order valence-corrected chi connectivity index (χ0v) is 10.3. The van der Waals surface area contributed by atoms with Gasteiger partial charge < -0.3 is 15.3 Å². The molecular weight excluding hydrogens is 232 g/mol. The van der Waals surface area contributed by atoms with Crippen molar-refractivity contribution in [2.24, 2.45) is 4.99 Å². The van der Waals surface area contributed by atoms with E-state index >= 15 is 0 Å². The first-order valence-electron chi connectivity index (χ1n) is 2.85. The average Bonchev–Trinajstić information content (AvgIpc) is 1.98. The molecule has 0 spiro atoms. The number of alkyl halides is 2. The van der Waals surface area contributed by atoms with Gasteiger partial charge in [0.1, 0.15) is 4.84 Å². The molecule has 0 aromatic carbocycles. The molecule has 0 saturated heterocycles. The van der Waals surface area contributed by atoms with Crippen LogP contribution in [0.15, 0.2) is 4.99 Å². The third kappa shape index (κ3) is 6.54. The quantitative estimate of drug-likeness (QED) is 0.226. The largest absolute Gasteiger partial charge is 1.00 e. The van der Waals surface area contributed by atoms with E-state index in [-0.39, 0.29) is 29.6 Å². The molecule has 13 heavy (non-hydrogen) atoms. The fourth-order valence-corrected chi connectivity index (χ4v) is 0.497. The van der Waals surface area contributed by atoms with E-state index in [1.165, 1.54) is 0 Å². The number of nitrogens with zero attached hydrogens (tertiary/aromatic N) is 1. The Hall–Kier alpha value is 0.480. The van der Waals surface area contributed by atoms with E-state index < -0.39 is 29.4 Å². The predicted octanol–water partition coefficient (Wildman–Crippen LogP) is -4.00. The minimum absolute atomic E-state index is 0. The molecule has 0 aromatic rings. The molecule has 0 saturated carbocycles. The van der Waals surface area contributed by atoms with Crippen LogP contribution in [0.25, 0.3) is 0 Å². The Morgan fingerprint density at radius 1 is 1.54 bits per heavy atom. The van der Waals surface area contributed by atoms with Crippen molar-refractivity contribution in [2.45, 2.75) is 10.9 Å². The Morgan fingerprint density at radius 2 is 2.00 bits per heavy atom. The van der Waals surface area contributed by atoms with Gasteiger partial charge in [0.15, 0.2) is 6.04 Å². The Balaban J connectivity index is 0. The maximum Gasteiger partial charge on any atom is 1.00 e. The third-order valence-electron chi connectivity index (χ3n) is 0.928. The van der Waals surface area contributed by atoms with E-state index in [4.69, 9.17) is 33.4 Å². The number of rotatable bonds is 4. The van der Waals surface area contributed by atoms with Gasteiger partial charge >= 0.3 is 35.5 Å². The summed E-state index contributed by atoms with van der Waals surface area (Å²) in [7, 11) is 0. The molecule has 0 fully saturated rings. The fourth-order valence-electron chi connectivity index (χ4n) is 0.384. The number of hydrogen-bond donors (Lipinski definition) is 2. The van der Waals surface area contributed by atoms with Crippen LogP contribution >= 0.6 is 23.2 Å². The van der Waals surface area contributed by atoms with Gasteiger partial charge in [-0.2, -0.15) is 0 Å². The molecule has 2 N–H and O–H groups in total. The van der Waals surface area contributed by atoms with Crippen molar-refractivity contribution in [1.29, 1.82) is 0 Å². The first-order chi connectivity index (χ1) is 5.49. The van der Waals surface area contributed by atoms with Crippen molar-refractivity contribution < 1.29 is 49.7 Å². The molecule has 70 valence electrons. The minimum atomic E-state index is -1.49. The van der Waals surface area contributed by atoms with Crippen LogP contribution in [-0.2, 0) is 4.79 Å². The van der Waals surface area contributed by atoms with Gasteiger partial charge in [-0.05, 0) is 5.90 Å². The summed E-state index contributed by atoms with van der Waals surface area (Å²) in [6.07, 6.45) is 0. The van der Waals surface area contributed by atoms with Crippen molar-refractivity contribution in [3.8, 4) is 0 Å². The number of aliphatic hydroxyl groups is 1. The van der Waals surface area contributed by atoms with Crippen molar-refractivity contribution in [3.63, 3.8) is 0 Å². The minimum Gasteiger partial charge on any atom is -0.860 e. The SMILES string of the molecule is O=C(O)[C@@H](CO)N=C([O-])C(Cl)Cl.[Na+]. The van der Waals surface area contributed by atoms with Gasteiger partial charge in [-0.15, -0.1) is 0 Å². The van der Waals surface area contributed by atoms with Gasteiger partial charge in [-0.1, -0.05) is 23.2 Å². The van der Waals surface area contributed by atoms with Crippen LogP contribution < -0.4 is 34.7 Å².